The van der Waals surface area contributed by atoms with E-state index in [1.54, 1.807) is 13.0 Å². The molecule has 0 saturated carbocycles. The van der Waals surface area contributed by atoms with Crippen molar-refractivity contribution in [1.82, 2.24) is 26.2 Å². The summed E-state index contributed by atoms with van der Waals surface area (Å²) in [7, 11) is 0. The highest BCUT2D eigenvalue weighted by molar-refractivity contribution is 6.00. The number of nitrogens with one attached hydrogen (secondary N) is 4. The van der Waals surface area contributed by atoms with Crippen LogP contribution in [0.15, 0.2) is 72.3 Å². The monoisotopic (exact) mass is 717 g/mol. The molecule has 2 fully saturated rings. The number of amides is 4. The van der Waals surface area contributed by atoms with E-state index in [0.29, 0.717) is 45.6 Å². The highest BCUT2D eigenvalue weighted by atomic mass is 16.6. The third-order valence-electron chi connectivity index (χ3n) is 9.12. The largest absolute Gasteiger partial charge is 0.379 e. The Labute approximate surface area is 307 Å². The number of nitrogens with zero attached hydrogens (tertiary/aromatic N) is 1. The van der Waals surface area contributed by atoms with Gasteiger partial charge < -0.3 is 30.7 Å². The quantitative estimate of drug-likeness (QED) is 0.128. The molecule has 2 aliphatic rings. The van der Waals surface area contributed by atoms with Gasteiger partial charge in [-0.1, -0.05) is 86.2 Å². The zero-order chi connectivity index (χ0) is 37.7. The molecule has 0 aromatic heterocycles. The smallest absolute Gasteiger partial charge is 0.243 e. The van der Waals surface area contributed by atoms with Crippen LogP contribution < -0.4 is 21.3 Å². The van der Waals surface area contributed by atoms with E-state index in [9.17, 15) is 24.0 Å². The van der Waals surface area contributed by atoms with Crippen LogP contribution in [0.25, 0.3) is 0 Å². The summed E-state index contributed by atoms with van der Waals surface area (Å²) < 4.78 is 10.8. The topological polar surface area (TPSA) is 158 Å². The summed E-state index contributed by atoms with van der Waals surface area (Å²) in [6.07, 6.45) is 2.98. The van der Waals surface area contributed by atoms with Gasteiger partial charge in [0, 0.05) is 19.5 Å². The molecule has 12 nitrogen and oxygen atoms in total. The molecular weight excluding hydrogens is 662 g/mol. The van der Waals surface area contributed by atoms with Crippen LogP contribution in [0.3, 0.4) is 0 Å². The van der Waals surface area contributed by atoms with Gasteiger partial charge in [-0.05, 0) is 57.1 Å². The summed E-state index contributed by atoms with van der Waals surface area (Å²) in [5, 5.41) is 11.5. The maximum atomic E-state index is 14.1. The second-order valence-corrected chi connectivity index (χ2v) is 14.6. The zero-order valence-corrected chi connectivity index (χ0v) is 31.1. The van der Waals surface area contributed by atoms with Crippen molar-refractivity contribution in [3.05, 3.63) is 83.4 Å². The lowest BCUT2D eigenvalue weighted by Crippen LogP contribution is -2.59. The number of epoxide rings is 1. The third-order valence-corrected chi connectivity index (χ3v) is 9.12. The summed E-state index contributed by atoms with van der Waals surface area (Å²) in [6.45, 7) is 12.0. The van der Waals surface area contributed by atoms with Gasteiger partial charge in [0.2, 0.25) is 23.6 Å². The molecule has 0 bridgehead atoms. The molecule has 4 amide bonds. The Hall–Kier alpha value is -4.39. The van der Waals surface area contributed by atoms with Crippen LogP contribution in [0.2, 0.25) is 0 Å². The summed E-state index contributed by atoms with van der Waals surface area (Å²) in [4.78, 5) is 70.4. The van der Waals surface area contributed by atoms with Crippen molar-refractivity contribution in [3.8, 4) is 0 Å². The first-order valence-corrected chi connectivity index (χ1v) is 18.2. The van der Waals surface area contributed by atoms with Gasteiger partial charge in [0.25, 0.3) is 0 Å². The van der Waals surface area contributed by atoms with Crippen molar-refractivity contribution in [2.75, 3.05) is 39.5 Å². The van der Waals surface area contributed by atoms with E-state index in [1.165, 1.54) is 0 Å². The zero-order valence-electron chi connectivity index (χ0n) is 31.1. The van der Waals surface area contributed by atoms with Crippen LogP contribution in [-0.2, 0) is 46.3 Å². The molecule has 0 aliphatic carbocycles. The molecule has 0 unspecified atom stereocenters. The number of allylic oxidation sites excluding steroid dienone is 1. The summed E-state index contributed by atoms with van der Waals surface area (Å²) in [5.74, 6) is -2.11. The van der Waals surface area contributed by atoms with Gasteiger partial charge in [-0.15, -0.1) is 0 Å². The fourth-order valence-electron chi connectivity index (χ4n) is 6.08. The number of ether oxygens (including phenoxy) is 2. The lowest BCUT2D eigenvalue weighted by molar-refractivity contribution is -0.135. The number of Topliss-reactive ketones (excluding diaryl/α,β-unsaturated/α-hetero) is 1. The third kappa shape index (κ3) is 13.0. The maximum absolute atomic E-state index is 14.1. The lowest BCUT2D eigenvalue weighted by Gasteiger charge is -2.28. The average molecular weight is 718 g/mol. The van der Waals surface area contributed by atoms with E-state index in [4.69, 9.17) is 9.47 Å². The Kier molecular flexibility index (Phi) is 15.1. The van der Waals surface area contributed by atoms with Gasteiger partial charge in [0.05, 0.1) is 26.4 Å². The Bertz CT molecular complexity index is 1530. The van der Waals surface area contributed by atoms with Crippen LogP contribution in [0, 0.1) is 5.92 Å². The number of ketones is 1. The molecular formula is C40H55N5O7. The molecule has 0 radical (unpaired) electrons. The molecule has 4 N–H and O–H groups in total. The highest BCUT2D eigenvalue weighted by Gasteiger charge is 2.50. The second kappa shape index (κ2) is 19.4. The number of carbonyl (C=O) groups is 5. The predicted octanol–water partition coefficient (Wildman–Crippen LogP) is 2.50. The van der Waals surface area contributed by atoms with E-state index in [0.717, 1.165) is 16.7 Å². The number of carbonyl (C=O) groups excluding carboxylic acids is 5. The first-order valence-electron chi connectivity index (χ1n) is 18.2. The van der Waals surface area contributed by atoms with Gasteiger partial charge in [0.1, 0.15) is 29.8 Å². The SMILES string of the molecule is CC(C)=C[C@H](NC(=O)[C@H](Cc1ccccc1)NC(=O)[C@H](CC(C)C)NC(=O)[C@H](CCc1ccccc1)NC(=O)CN1CCOCC1)C(=O)[C@@]1(C)CO1. The molecule has 2 heterocycles. The minimum absolute atomic E-state index is 0.00934. The number of rotatable bonds is 19. The molecule has 2 aromatic rings. The van der Waals surface area contributed by atoms with Crippen molar-refractivity contribution in [3.63, 3.8) is 0 Å². The van der Waals surface area contributed by atoms with Crippen LogP contribution in [-0.4, -0.2) is 104 Å². The van der Waals surface area contributed by atoms with Crippen molar-refractivity contribution >= 4 is 29.4 Å². The summed E-state index contributed by atoms with van der Waals surface area (Å²) in [6, 6.07) is 15.0. The number of hydrogen-bond donors (Lipinski definition) is 4. The molecule has 2 saturated heterocycles. The Morgan fingerprint density at radius 2 is 1.35 bits per heavy atom. The van der Waals surface area contributed by atoms with E-state index in [-0.39, 0.29) is 37.2 Å². The van der Waals surface area contributed by atoms with E-state index < -0.39 is 47.5 Å². The van der Waals surface area contributed by atoms with Crippen LogP contribution in [0.4, 0.5) is 0 Å². The van der Waals surface area contributed by atoms with E-state index in [2.05, 4.69) is 21.3 Å². The van der Waals surface area contributed by atoms with Gasteiger partial charge in [-0.3, -0.25) is 28.9 Å². The molecule has 0 spiro atoms. The lowest BCUT2D eigenvalue weighted by atomic mass is 9.97. The fraction of sp³-hybridized carbons (Fsp3) is 0.525. The molecule has 2 aliphatic heterocycles. The fourth-order valence-corrected chi connectivity index (χ4v) is 6.08. The van der Waals surface area contributed by atoms with Gasteiger partial charge in [0.15, 0.2) is 5.78 Å². The minimum atomic E-state index is -1.06. The van der Waals surface area contributed by atoms with Gasteiger partial charge >= 0.3 is 0 Å². The predicted molar refractivity (Wildman–Crippen MR) is 198 cm³/mol. The van der Waals surface area contributed by atoms with Crippen LogP contribution in [0.5, 0.6) is 0 Å². The Morgan fingerprint density at radius 1 is 0.788 bits per heavy atom. The summed E-state index contributed by atoms with van der Waals surface area (Å²) in [5.41, 5.74) is 1.69. The molecule has 5 atom stereocenters. The first-order chi connectivity index (χ1) is 24.8. The minimum Gasteiger partial charge on any atom is -0.379 e. The van der Waals surface area contributed by atoms with Crippen LogP contribution >= 0.6 is 0 Å². The maximum Gasteiger partial charge on any atom is 0.243 e. The molecule has 282 valence electrons. The number of benzene rings is 2. The highest BCUT2D eigenvalue weighted by Crippen LogP contribution is 2.29. The summed E-state index contributed by atoms with van der Waals surface area (Å²) >= 11 is 0. The molecule has 4 rings (SSSR count). The van der Waals surface area contributed by atoms with Gasteiger partial charge in [-0.25, -0.2) is 0 Å². The molecule has 2 aromatic carbocycles. The Morgan fingerprint density at radius 3 is 1.92 bits per heavy atom. The second-order valence-electron chi connectivity index (χ2n) is 14.6. The standard InChI is InChI=1S/C40H55N5O7/c1-27(2)22-32(36(47)40(5)26-52-40)42-39(50)34(24-30-14-10-7-11-15-30)44-38(49)33(23-28(3)4)43-37(48)31(17-16-29-12-8-6-9-13-29)41-35(46)25-45-18-20-51-21-19-45/h6-15,22,28,31-34H,16-21,23-26H2,1-5H3,(H,41,46)(H,42,50)(H,43,48)(H,44,49)/t31-,32-,33-,34-,40+/m0/s1. The number of morpholine rings is 1. The molecule has 52 heavy (non-hydrogen) atoms. The van der Waals surface area contributed by atoms with Crippen molar-refractivity contribution in [2.45, 2.75) is 90.1 Å². The number of hydrogen-bond acceptors (Lipinski definition) is 8. The van der Waals surface area contributed by atoms with Crippen molar-refractivity contribution < 1.29 is 33.4 Å². The number of aryl methyl sites for hydroxylation is 1. The average Bonchev–Trinajstić information content (AvgIpc) is 3.87. The van der Waals surface area contributed by atoms with Crippen molar-refractivity contribution in [1.29, 1.82) is 0 Å². The van der Waals surface area contributed by atoms with E-state index >= 15 is 0 Å². The van der Waals surface area contributed by atoms with Crippen molar-refractivity contribution in [2.24, 2.45) is 5.92 Å². The van der Waals surface area contributed by atoms with E-state index in [1.807, 2.05) is 93.3 Å². The van der Waals surface area contributed by atoms with Crippen LogP contribution in [0.1, 0.15) is 58.6 Å². The first kappa shape index (κ1) is 40.4. The normalized spacial score (nSPS) is 19.3. The molecule has 12 heteroatoms. The van der Waals surface area contributed by atoms with Gasteiger partial charge in [-0.2, -0.15) is 0 Å². The Balaban J connectivity index is 1.52.